The van der Waals surface area contributed by atoms with Crippen LogP contribution in [0, 0.1) is 10.1 Å². The highest BCUT2D eigenvalue weighted by Gasteiger charge is 2.52. The van der Waals surface area contributed by atoms with Gasteiger partial charge in [0.2, 0.25) is 11.8 Å². The van der Waals surface area contributed by atoms with Gasteiger partial charge in [-0.15, -0.1) is 11.8 Å². The number of thioether (sulfide) groups is 1. The number of amides is 2. The number of nitrogens with one attached hydrogen (secondary N) is 1. The predicted octanol–water partition coefficient (Wildman–Crippen LogP) is 1.99. The van der Waals surface area contributed by atoms with E-state index in [0.717, 1.165) is 6.42 Å². The highest BCUT2D eigenvalue weighted by Crippen LogP contribution is 2.47. The average Bonchev–Trinajstić information content (AvgIpc) is 2.96. The average molecular weight is 321 g/mol. The van der Waals surface area contributed by atoms with E-state index in [4.69, 9.17) is 0 Å². The van der Waals surface area contributed by atoms with E-state index in [0.29, 0.717) is 17.9 Å². The molecule has 0 bridgehead atoms. The molecule has 0 radical (unpaired) electrons. The van der Waals surface area contributed by atoms with E-state index in [1.807, 2.05) is 6.92 Å². The number of carbonyl (C=O) groups excluding carboxylic acids is 2. The van der Waals surface area contributed by atoms with E-state index in [1.54, 1.807) is 22.7 Å². The first-order chi connectivity index (χ1) is 10.4. The van der Waals surface area contributed by atoms with E-state index in [1.165, 1.54) is 18.2 Å². The van der Waals surface area contributed by atoms with Gasteiger partial charge in [-0.05, 0) is 19.4 Å². The maximum Gasteiger partial charge on any atom is 0.271 e. The van der Waals surface area contributed by atoms with Gasteiger partial charge in [-0.25, -0.2) is 0 Å². The summed E-state index contributed by atoms with van der Waals surface area (Å²) >= 11 is 1.61. The van der Waals surface area contributed by atoms with Crippen LogP contribution in [0.5, 0.6) is 0 Å². The molecule has 1 N–H and O–H groups in total. The topological polar surface area (TPSA) is 92.6 Å². The molecule has 1 aromatic carbocycles. The molecule has 0 unspecified atom stereocenters. The molecule has 2 heterocycles. The number of benzene rings is 1. The molecule has 2 aliphatic rings. The van der Waals surface area contributed by atoms with Crippen molar-refractivity contribution >= 4 is 35.0 Å². The zero-order valence-electron chi connectivity index (χ0n) is 11.9. The number of fused-ring (bicyclic) bond motifs is 1. The molecule has 8 heteroatoms. The fourth-order valence-electron chi connectivity index (χ4n) is 2.94. The van der Waals surface area contributed by atoms with Crippen molar-refractivity contribution in [3.05, 3.63) is 34.4 Å². The number of anilines is 1. The quantitative estimate of drug-likeness (QED) is 0.679. The highest BCUT2D eigenvalue weighted by atomic mass is 32.2. The van der Waals surface area contributed by atoms with Gasteiger partial charge < -0.3 is 10.2 Å². The standard InChI is InChI=1S/C14H15N3O4S/c1-14-6-5-12(18)16(14)11(8-22-14)13(19)15-9-3-2-4-10(7-9)17(20)21/h2-4,7,11H,5-6,8H2,1H3,(H,15,19)/t11-,14+/m1/s1. The van der Waals surface area contributed by atoms with Crippen molar-refractivity contribution in [1.82, 2.24) is 4.90 Å². The number of hydrogen-bond donors (Lipinski definition) is 1. The summed E-state index contributed by atoms with van der Waals surface area (Å²) in [6.07, 6.45) is 1.21. The van der Waals surface area contributed by atoms with Gasteiger partial charge in [0, 0.05) is 30.0 Å². The first-order valence-corrected chi connectivity index (χ1v) is 7.91. The summed E-state index contributed by atoms with van der Waals surface area (Å²) in [5, 5.41) is 13.4. The second-order valence-electron chi connectivity index (χ2n) is 5.56. The summed E-state index contributed by atoms with van der Waals surface area (Å²) in [7, 11) is 0. The Hall–Kier alpha value is -2.09. The van der Waals surface area contributed by atoms with E-state index in [2.05, 4.69) is 5.32 Å². The van der Waals surface area contributed by atoms with Gasteiger partial charge >= 0.3 is 0 Å². The molecule has 0 saturated carbocycles. The third-order valence-electron chi connectivity index (χ3n) is 4.07. The molecule has 7 nitrogen and oxygen atoms in total. The van der Waals surface area contributed by atoms with Gasteiger partial charge in [0.1, 0.15) is 6.04 Å². The second-order valence-corrected chi connectivity index (χ2v) is 7.06. The van der Waals surface area contributed by atoms with Gasteiger partial charge in [-0.3, -0.25) is 19.7 Å². The molecule has 0 aromatic heterocycles. The Balaban J connectivity index is 1.77. The Kier molecular flexibility index (Phi) is 3.56. The minimum atomic E-state index is -0.524. The van der Waals surface area contributed by atoms with Crippen LogP contribution in [0.3, 0.4) is 0 Å². The lowest BCUT2D eigenvalue weighted by atomic mass is 10.2. The summed E-state index contributed by atoms with van der Waals surface area (Å²) in [5.41, 5.74) is 0.283. The molecule has 2 fully saturated rings. The van der Waals surface area contributed by atoms with E-state index in [-0.39, 0.29) is 22.4 Å². The lowest BCUT2D eigenvalue weighted by Gasteiger charge is -2.29. The Morgan fingerprint density at radius 1 is 1.55 bits per heavy atom. The molecule has 116 valence electrons. The predicted molar refractivity (Wildman–Crippen MR) is 82.5 cm³/mol. The molecule has 0 spiro atoms. The van der Waals surface area contributed by atoms with Crippen LogP contribution in [0.15, 0.2) is 24.3 Å². The summed E-state index contributed by atoms with van der Waals surface area (Å²) in [4.78, 5) is 36.1. The number of hydrogen-bond acceptors (Lipinski definition) is 5. The number of non-ortho nitro benzene ring substituents is 1. The van der Waals surface area contributed by atoms with Crippen molar-refractivity contribution in [3.63, 3.8) is 0 Å². The van der Waals surface area contributed by atoms with Gasteiger partial charge in [0.05, 0.1) is 9.79 Å². The van der Waals surface area contributed by atoms with E-state index >= 15 is 0 Å². The van der Waals surface area contributed by atoms with Crippen LogP contribution in [0.25, 0.3) is 0 Å². The Bertz CT molecular complexity index is 665. The molecule has 3 rings (SSSR count). The number of nitro groups is 1. The summed E-state index contributed by atoms with van der Waals surface area (Å²) in [6.45, 7) is 1.98. The van der Waals surface area contributed by atoms with E-state index in [9.17, 15) is 19.7 Å². The molecule has 2 aliphatic heterocycles. The number of carbonyl (C=O) groups is 2. The lowest BCUT2D eigenvalue weighted by Crippen LogP contribution is -2.48. The van der Waals surface area contributed by atoms with Crippen LogP contribution in [-0.4, -0.2) is 38.3 Å². The van der Waals surface area contributed by atoms with Crippen molar-refractivity contribution in [3.8, 4) is 0 Å². The minimum Gasteiger partial charge on any atom is -0.324 e. The molecule has 2 saturated heterocycles. The maximum atomic E-state index is 12.4. The van der Waals surface area contributed by atoms with Crippen LogP contribution >= 0.6 is 11.8 Å². The van der Waals surface area contributed by atoms with Gasteiger partial charge in [-0.1, -0.05) is 6.07 Å². The van der Waals surface area contributed by atoms with Gasteiger partial charge in [0.15, 0.2) is 0 Å². The largest absolute Gasteiger partial charge is 0.324 e. The molecule has 0 aliphatic carbocycles. The normalized spacial score (nSPS) is 26.9. The van der Waals surface area contributed by atoms with Gasteiger partial charge in [0.25, 0.3) is 5.69 Å². The SMILES string of the molecule is C[C@]12CCC(=O)N1[C@@H](C(=O)Nc1cccc([N+](=O)[O-])c1)CS2. The fraction of sp³-hybridized carbons (Fsp3) is 0.429. The molecule has 2 atom stereocenters. The van der Waals surface area contributed by atoms with Crippen LogP contribution < -0.4 is 5.32 Å². The lowest BCUT2D eigenvalue weighted by molar-refractivity contribution is -0.384. The summed E-state index contributed by atoms with van der Waals surface area (Å²) in [5.74, 6) is 0.238. The van der Waals surface area contributed by atoms with Crippen molar-refractivity contribution in [2.75, 3.05) is 11.1 Å². The molecule has 2 amide bonds. The fourth-order valence-corrected chi connectivity index (χ4v) is 4.37. The maximum absolute atomic E-state index is 12.4. The summed E-state index contributed by atoms with van der Waals surface area (Å²) in [6, 6.07) is 5.26. The Labute approximate surface area is 131 Å². The van der Waals surface area contributed by atoms with Crippen LogP contribution in [-0.2, 0) is 9.59 Å². The van der Waals surface area contributed by atoms with Crippen LogP contribution in [0.2, 0.25) is 0 Å². The Morgan fingerprint density at radius 2 is 2.32 bits per heavy atom. The third kappa shape index (κ3) is 2.43. The Morgan fingerprint density at radius 3 is 3.05 bits per heavy atom. The van der Waals surface area contributed by atoms with Crippen molar-refractivity contribution < 1.29 is 14.5 Å². The zero-order chi connectivity index (χ0) is 15.9. The smallest absolute Gasteiger partial charge is 0.271 e. The number of rotatable bonds is 3. The monoisotopic (exact) mass is 321 g/mol. The minimum absolute atomic E-state index is 0.00769. The molecule has 1 aromatic rings. The molecule has 22 heavy (non-hydrogen) atoms. The van der Waals surface area contributed by atoms with Crippen molar-refractivity contribution in [1.29, 1.82) is 0 Å². The van der Waals surface area contributed by atoms with Crippen LogP contribution in [0.1, 0.15) is 19.8 Å². The highest BCUT2D eigenvalue weighted by molar-refractivity contribution is 8.01. The first kappa shape index (κ1) is 14.8. The van der Waals surface area contributed by atoms with E-state index < -0.39 is 11.0 Å². The zero-order valence-corrected chi connectivity index (χ0v) is 12.8. The summed E-state index contributed by atoms with van der Waals surface area (Å²) < 4.78 is 0. The first-order valence-electron chi connectivity index (χ1n) is 6.92. The van der Waals surface area contributed by atoms with Crippen molar-refractivity contribution in [2.45, 2.75) is 30.7 Å². The number of nitro benzene ring substituents is 1. The third-order valence-corrected chi connectivity index (χ3v) is 5.58. The molecular weight excluding hydrogens is 306 g/mol. The van der Waals surface area contributed by atoms with Gasteiger partial charge in [-0.2, -0.15) is 0 Å². The number of nitrogens with zero attached hydrogens (tertiary/aromatic N) is 2. The second kappa shape index (κ2) is 5.28. The molecular formula is C14H15N3O4S. The van der Waals surface area contributed by atoms with Crippen molar-refractivity contribution in [2.24, 2.45) is 0 Å². The van der Waals surface area contributed by atoms with Crippen LogP contribution in [0.4, 0.5) is 11.4 Å².